The summed E-state index contributed by atoms with van der Waals surface area (Å²) < 4.78 is 45.9. The molecule has 4 aromatic rings. The highest BCUT2D eigenvalue weighted by Gasteiger charge is 2.38. The average Bonchev–Trinajstić information content (AvgIpc) is 3.32. The van der Waals surface area contributed by atoms with Crippen molar-refractivity contribution in [1.82, 2.24) is 15.3 Å². The highest BCUT2D eigenvalue weighted by molar-refractivity contribution is 5.98. The van der Waals surface area contributed by atoms with Gasteiger partial charge in [-0.2, -0.15) is 13.2 Å². The van der Waals surface area contributed by atoms with Crippen LogP contribution < -0.4 is 5.32 Å². The van der Waals surface area contributed by atoms with Crippen molar-refractivity contribution in [2.45, 2.75) is 12.1 Å². The number of nitrogens with zero attached hydrogens (tertiary/aromatic N) is 1. The van der Waals surface area contributed by atoms with Crippen molar-refractivity contribution in [3.63, 3.8) is 0 Å². The molecule has 0 radical (unpaired) electrons. The number of nitrogens with one attached hydrogen (secondary N) is 2. The predicted octanol–water partition coefficient (Wildman–Crippen LogP) is 5.39. The van der Waals surface area contributed by atoms with Gasteiger partial charge in [0.25, 0.3) is 5.91 Å². The first-order valence-electron chi connectivity index (χ1n) is 10.7. The Balaban J connectivity index is 0.000000384. The summed E-state index contributed by atoms with van der Waals surface area (Å²) in [5.74, 6) is -3.09. The Bertz CT molecular complexity index is 1400. The van der Waals surface area contributed by atoms with Gasteiger partial charge in [-0.15, -0.1) is 0 Å². The minimum atomic E-state index is -5.08. The first kappa shape index (κ1) is 24.6. The Morgan fingerprint density at radius 1 is 0.972 bits per heavy atom. The Morgan fingerprint density at radius 2 is 1.64 bits per heavy atom. The van der Waals surface area contributed by atoms with Gasteiger partial charge in [-0.1, -0.05) is 42.5 Å². The van der Waals surface area contributed by atoms with E-state index in [0.717, 1.165) is 22.5 Å². The summed E-state index contributed by atoms with van der Waals surface area (Å²) in [7, 11) is 0. The number of aromatic nitrogens is 2. The van der Waals surface area contributed by atoms with E-state index in [4.69, 9.17) is 9.90 Å². The van der Waals surface area contributed by atoms with Crippen LogP contribution in [0.1, 0.15) is 27.5 Å². The maximum atomic E-state index is 14.2. The molecule has 1 unspecified atom stereocenters. The maximum absolute atomic E-state index is 14.2. The van der Waals surface area contributed by atoms with Crippen LogP contribution in [0.5, 0.6) is 0 Å². The summed E-state index contributed by atoms with van der Waals surface area (Å²) in [6.45, 7) is 0.548. The summed E-state index contributed by atoms with van der Waals surface area (Å²) in [5, 5.41) is 10.1. The van der Waals surface area contributed by atoms with Crippen molar-refractivity contribution in [3.05, 3.63) is 102 Å². The van der Waals surface area contributed by atoms with E-state index in [-0.39, 0.29) is 17.6 Å². The molecule has 0 spiro atoms. The summed E-state index contributed by atoms with van der Waals surface area (Å²) in [6, 6.07) is 22.2. The number of carbonyl (C=O) groups excluding carboxylic acids is 1. The number of halogens is 4. The Hall–Kier alpha value is -4.47. The van der Waals surface area contributed by atoms with Crippen LogP contribution in [0.4, 0.5) is 17.6 Å². The number of fused-ring (bicyclic) bond motifs is 1. The highest BCUT2D eigenvalue weighted by Crippen LogP contribution is 2.34. The largest absolute Gasteiger partial charge is 0.490 e. The Labute approximate surface area is 202 Å². The van der Waals surface area contributed by atoms with Gasteiger partial charge < -0.3 is 15.4 Å². The number of amides is 1. The molecule has 1 aliphatic rings. The fourth-order valence-electron chi connectivity index (χ4n) is 3.86. The van der Waals surface area contributed by atoms with E-state index in [2.05, 4.69) is 27.4 Å². The van der Waals surface area contributed by atoms with Crippen LogP contribution in [-0.4, -0.2) is 39.7 Å². The monoisotopic (exact) mass is 497 g/mol. The number of benzene rings is 2. The fourth-order valence-corrected chi connectivity index (χ4v) is 3.86. The molecule has 1 atom stereocenters. The average molecular weight is 497 g/mol. The van der Waals surface area contributed by atoms with Gasteiger partial charge in [0, 0.05) is 41.2 Å². The fraction of sp³-hybridized carbons (Fsp3) is 0.115. The zero-order chi connectivity index (χ0) is 25.9. The van der Waals surface area contributed by atoms with Gasteiger partial charge in [0.2, 0.25) is 0 Å². The molecular formula is C26H19F4N3O3. The van der Waals surface area contributed by atoms with Crippen molar-refractivity contribution < 1.29 is 32.3 Å². The number of H-pyrrole nitrogens is 1. The molecule has 0 aliphatic carbocycles. The quantitative estimate of drug-likeness (QED) is 0.331. The molecule has 5 rings (SSSR count). The predicted molar refractivity (Wildman–Crippen MR) is 124 cm³/mol. The van der Waals surface area contributed by atoms with Crippen LogP contribution in [-0.2, 0) is 4.79 Å². The summed E-state index contributed by atoms with van der Waals surface area (Å²) in [4.78, 5) is 29.1. The van der Waals surface area contributed by atoms with Crippen LogP contribution in [0.25, 0.3) is 22.5 Å². The van der Waals surface area contributed by atoms with E-state index < -0.39 is 12.1 Å². The molecule has 0 saturated carbocycles. The zero-order valence-electron chi connectivity index (χ0n) is 18.5. The molecule has 1 aliphatic heterocycles. The minimum Gasteiger partial charge on any atom is -0.475 e. The van der Waals surface area contributed by atoms with Gasteiger partial charge in [0.15, 0.2) is 0 Å². The van der Waals surface area contributed by atoms with Gasteiger partial charge in [0.1, 0.15) is 5.82 Å². The van der Waals surface area contributed by atoms with E-state index in [1.54, 1.807) is 24.4 Å². The molecule has 184 valence electrons. The second-order valence-electron chi connectivity index (χ2n) is 7.90. The van der Waals surface area contributed by atoms with Crippen LogP contribution >= 0.6 is 0 Å². The Kier molecular flexibility index (Phi) is 6.86. The van der Waals surface area contributed by atoms with E-state index in [1.807, 2.05) is 36.4 Å². The summed E-state index contributed by atoms with van der Waals surface area (Å²) >= 11 is 0. The van der Waals surface area contributed by atoms with Gasteiger partial charge >= 0.3 is 12.1 Å². The number of carboxylic acid groups (broad SMARTS) is 1. The lowest BCUT2D eigenvalue weighted by Crippen LogP contribution is -2.35. The number of hydrogen-bond acceptors (Lipinski definition) is 3. The standard InChI is InChI=1S/C24H18FN3O.C2HF3O2/c25-20-9-5-4-8-17(20)22-12-16(10-11-26-22)21-13-18-23(28-21)19(14-27-24(18)29)15-6-2-1-3-7-15;3-2(4,5)1(6)7/h1-13,19,28H,14H2,(H,27,29);(H,6,7). The van der Waals surface area contributed by atoms with Crippen molar-refractivity contribution in [2.75, 3.05) is 6.54 Å². The SMILES string of the molecule is O=C(O)C(F)(F)F.O=C1NCC(c2ccccc2)c2[nH]c(-c3ccnc(-c4ccccc4F)c3)cc21. The van der Waals surface area contributed by atoms with Crippen molar-refractivity contribution in [3.8, 4) is 22.5 Å². The second-order valence-corrected chi connectivity index (χ2v) is 7.90. The molecule has 3 N–H and O–H groups in total. The lowest BCUT2D eigenvalue weighted by Gasteiger charge is -2.23. The highest BCUT2D eigenvalue weighted by atomic mass is 19.4. The van der Waals surface area contributed by atoms with E-state index >= 15 is 0 Å². The first-order chi connectivity index (χ1) is 17.1. The molecule has 6 nitrogen and oxygen atoms in total. The van der Waals surface area contributed by atoms with Gasteiger partial charge in [-0.25, -0.2) is 9.18 Å². The second kappa shape index (κ2) is 10.0. The van der Waals surface area contributed by atoms with Crippen LogP contribution in [0.2, 0.25) is 0 Å². The molecule has 1 amide bonds. The lowest BCUT2D eigenvalue weighted by molar-refractivity contribution is -0.192. The molecule has 3 heterocycles. The Morgan fingerprint density at radius 3 is 2.31 bits per heavy atom. The number of aromatic amines is 1. The smallest absolute Gasteiger partial charge is 0.475 e. The van der Waals surface area contributed by atoms with Crippen molar-refractivity contribution in [2.24, 2.45) is 0 Å². The van der Waals surface area contributed by atoms with Gasteiger partial charge in [-0.05, 0) is 35.9 Å². The van der Waals surface area contributed by atoms with Crippen molar-refractivity contribution in [1.29, 1.82) is 0 Å². The third kappa shape index (κ3) is 5.27. The van der Waals surface area contributed by atoms with Gasteiger partial charge in [0.05, 0.1) is 11.3 Å². The number of carboxylic acids is 1. The molecule has 10 heteroatoms. The van der Waals surface area contributed by atoms with Gasteiger partial charge in [-0.3, -0.25) is 9.78 Å². The van der Waals surface area contributed by atoms with E-state index in [1.165, 1.54) is 6.07 Å². The summed E-state index contributed by atoms with van der Waals surface area (Å²) in [6.07, 6.45) is -3.42. The minimum absolute atomic E-state index is 0.0607. The number of pyridine rings is 1. The third-order valence-electron chi connectivity index (χ3n) is 5.57. The molecule has 0 bridgehead atoms. The molecule has 2 aromatic carbocycles. The number of hydrogen-bond donors (Lipinski definition) is 3. The normalized spacial score (nSPS) is 14.8. The molecule has 0 saturated heterocycles. The first-order valence-corrected chi connectivity index (χ1v) is 10.7. The molecule has 0 fully saturated rings. The zero-order valence-corrected chi connectivity index (χ0v) is 18.5. The topological polar surface area (TPSA) is 95.1 Å². The number of alkyl halides is 3. The maximum Gasteiger partial charge on any atom is 0.490 e. The lowest BCUT2D eigenvalue weighted by atomic mass is 9.90. The van der Waals surface area contributed by atoms with E-state index in [0.29, 0.717) is 23.4 Å². The molecular weight excluding hydrogens is 478 g/mol. The van der Waals surface area contributed by atoms with Crippen LogP contribution in [0.15, 0.2) is 79.0 Å². The molecule has 36 heavy (non-hydrogen) atoms. The third-order valence-corrected chi connectivity index (χ3v) is 5.57. The molecule has 2 aromatic heterocycles. The number of aliphatic carboxylic acids is 1. The van der Waals surface area contributed by atoms with Crippen LogP contribution in [0, 0.1) is 5.82 Å². The van der Waals surface area contributed by atoms with Crippen molar-refractivity contribution >= 4 is 11.9 Å². The van der Waals surface area contributed by atoms with E-state index in [9.17, 15) is 22.4 Å². The summed E-state index contributed by atoms with van der Waals surface area (Å²) in [5.41, 5.74) is 5.36. The number of carbonyl (C=O) groups is 2. The van der Waals surface area contributed by atoms with Crippen LogP contribution in [0.3, 0.4) is 0 Å². The number of rotatable bonds is 3.